The van der Waals surface area contributed by atoms with Crippen molar-refractivity contribution in [2.45, 2.75) is 97.9 Å². The molecule has 1 heterocycles. The zero-order valence-corrected chi connectivity index (χ0v) is 21.6. The molecule has 5 aliphatic rings. The number of Topliss-reactive ketones (excluding diaryl/α,β-unsaturated/α-hetero) is 2. The normalized spacial score (nSPS) is 42.5. The van der Waals surface area contributed by atoms with Crippen molar-refractivity contribution >= 4 is 25.9 Å². The van der Waals surface area contributed by atoms with Crippen LogP contribution >= 0.6 is 0 Å². The van der Waals surface area contributed by atoms with Crippen LogP contribution in [-0.2, 0) is 23.5 Å². The lowest BCUT2D eigenvalue weighted by Crippen LogP contribution is -2.73. The maximum atomic E-state index is 14.4. The Morgan fingerprint density at radius 3 is 2.32 bits per heavy atom. The van der Waals surface area contributed by atoms with E-state index in [1.54, 1.807) is 0 Å². The number of ketones is 2. The van der Waals surface area contributed by atoms with E-state index in [-0.39, 0.29) is 47.1 Å². The highest BCUT2D eigenvalue weighted by molar-refractivity contribution is 6.74. The minimum atomic E-state index is -2.07. The molecule has 0 amide bonds. The summed E-state index contributed by atoms with van der Waals surface area (Å²) in [6.45, 7) is 17.1. The van der Waals surface area contributed by atoms with Crippen molar-refractivity contribution < 1.29 is 23.5 Å². The molecule has 0 aromatic rings. The SMILES string of the molecule is C[C@@H]1C(=O)[C@]23CC[C@H]1C[C@H]2C(=O)OC[C@@]31CC[C@H](O[Si](C)(C)C(C)(C)C)C(C)(C)C1=O. The second kappa shape index (κ2) is 6.75. The number of rotatable bonds is 2. The first-order chi connectivity index (χ1) is 14.1. The number of carbonyl (C=O) groups is 3. The van der Waals surface area contributed by atoms with E-state index in [0.717, 1.165) is 12.8 Å². The van der Waals surface area contributed by atoms with Crippen molar-refractivity contribution in [3.63, 3.8) is 0 Å². The van der Waals surface area contributed by atoms with Crippen LogP contribution in [0.2, 0.25) is 18.1 Å². The summed E-state index contributed by atoms with van der Waals surface area (Å²) in [5.41, 5.74) is -2.51. The van der Waals surface area contributed by atoms with Crippen LogP contribution in [0.1, 0.15) is 73.6 Å². The molecular weight excluding hydrogens is 408 g/mol. The lowest BCUT2D eigenvalue weighted by atomic mass is 9.38. The molecule has 2 bridgehead atoms. The Morgan fingerprint density at radius 1 is 1.06 bits per heavy atom. The van der Waals surface area contributed by atoms with Crippen LogP contribution in [0.4, 0.5) is 0 Å². The third-order valence-corrected chi connectivity index (χ3v) is 14.6. The van der Waals surface area contributed by atoms with Crippen molar-refractivity contribution in [2.24, 2.45) is 34.0 Å². The Hall–Kier alpha value is -1.01. The summed E-state index contributed by atoms with van der Waals surface area (Å²) < 4.78 is 12.5. The van der Waals surface area contributed by atoms with Gasteiger partial charge in [0, 0.05) is 11.3 Å². The van der Waals surface area contributed by atoms with Crippen LogP contribution in [0, 0.1) is 34.0 Å². The largest absolute Gasteiger partial charge is 0.464 e. The average molecular weight is 449 g/mol. The number of cyclic esters (lactones) is 1. The molecule has 6 atom stereocenters. The maximum Gasteiger partial charge on any atom is 0.310 e. The van der Waals surface area contributed by atoms with E-state index in [1.165, 1.54) is 0 Å². The molecule has 31 heavy (non-hydrogen) atoms. The van der Waals surface area contributed by atoms with Gasteiger partial charge in [0.25, 0.3) is 0 Å². The summed E-state index contributed by atoms with van der Waals surface area (Å²) in [6, 6.07) is 0. The van der Waals surface area contributed by atoms with Crippen molar-refractivity contribution in [3.05, 3.63) is 0 Å². The summed E-state index contributed by atoms with van der Waals surface area (Å²) >= 11 is 0. The Morgan fingerprint density at radius 2 is 1.71 bits per heavy atom. The monoisotopic (exact) mass is 448 g/mol. The topological polar surface area (TPSA) is 69.7 Å². The maximum absolute atomic E-state index is 14.4. The van der Waals surface area contributed by atoms with Crippen molar-refractivity contribution in [3.8, 4) is 0 Å². The van der Waals surface area contributed by atoms with Gasteiger partial charge in [-0.05, 0) is 56.2 Å². The van der Waals surface area contributed by atoms with Crippen LogP contribution in [0.3, 0.4) is 0 Å². The number of ether oxygens (including phenoxy) is 1. The van der Waals surface area contributed by atoms with Crippen molar-refractivity contribution in [2.75, 3.05) is 6.61 Å². The minimum absolute atomic E-state index is 0.0541. The van der Waals surface area contributed by atoms with Gasteiger partial charge in [0.1, 0.15) is 12.4 Å². The van der Waals surface area contributed by atoms with Gasteiger partial charge in [-0.25, -0.2) is 0 Å². The van der Waals surface area contributed by atoms with Gasteiger partial charge in [-0.3, -0.25) is 14.4 Å². The van der Waals surface area contributed by atoms with E-state index >= 15 is 0 Å². The number of hydrogen-bond acceptors (Lipinski definition) is 5. The first-order valence-corrected chi connectivity index (χ1v) is 15.0. The smallest absolute Gasteiger partial charge is 0.310 e. The molecule has 5 rings (SSSR count). The number of esters is 1. The van der Waals surface area contributed by atoms with Gasteiger partial charge >= 0.3 is 5.97 Å². The third-order valence-electron chi connectivity index (χ3n) is 10.1. The Kier molecular flexibility index (Phi) is 5.04. The predicted molar refractivity (Wildman–Crippen MR) is 121 cm³/mol. The zero-order chi connectivity index (χ0) is 23.2. The lowest BCUT2D eigenvalue weighted by Gasteiger charge is -2.65. The van der Waals surface area contributed by atoms with Crippen molar-refractivity contribution in [1.82, 2.24) is 0 Å². The summed E-state index contributed by atoms with van der Waals surface area (Å²) in [7, 11) is -2.07. The van der Waals surface area contributed by atoms with Crippen LogP contribution in [0.25, 0.3) is 0 Å². The summed E-state index contributed by atoms with van der Waals surface area (Å²) in [6.07, 6.45) is 3.38. The Labute approximate surface area is 188 Å². The van der Waals surface area contributed by atoms with Gasteiger partial charge < -0.3 is 9.16 Å². The fourth-order valence-corrected chi connectivity index (χ4v) is 8.50. The van der Waals surface area contributed by atoms with E-state index in [2.05, 4.69) is 33.9 Å². The molecule has 0 aromatic heterocycles. The molecule has 0 radical (unpaired) electrons. The van der Waals surface area contributed by atoms with E-state index in [1.807, 2.05) is 20.8 Å². The molecule has 1 saturated heterocycles. The third kappa shape index (κ3) is 2.86. The van der Waals surface area contributed by atoms with Crippen LogP contribution < -0.4 is 0 Å². The molecule has 0 N–H and O–H groups in total. The van der Waals surface area contributed by atoms with E-state index in [0.29, 0.717) is 19.3 Å². The van der Waals surface area contributed by atoms with Gasteiger partial charge in [0.05, 0.1) is 22.9 Å². The van der Waals surface area contributed by atoms with Crippen molar-refractivity contribution in [1.29, 1.82) is 0 Å². The van der Waals surface area contributed by atoms with Crippen LogP contribution in [0.15, 0.2) is 0 Å². The van der Waals surface area contributed by atoms with Gasteiger partial charge in [0.2, 0.25) is 0 Å². The highest BCUT2D eigenvalue weighted by Crippen LogP contribution is 2.68. The molecular formula is C25H40O5Si. The second-order valence-electron chi connectivity index (χ2n) is 12.9. The number of carbonyl (C=O) groups excluding carboxylic acids is 3. The molecule has 174 valence electrons. The summed E-state index contributed by atoms with van der Waals surface area (Å²) in [4.78, 5) is 40.9. The second-order valence-corrected chi connectivity index (χ2v) is 17.6. The van der Waals surface area contributed by atoms with E-state index in [9.17, 15) is 14.4 Å². The highest BCUT2D eigenvalue weighted by Gasteiger charge is 2.75. The number of fused-ring (bicyclic) bond motifs is 2. The molecule has 1 aliphatic heterocycles. The fraction of sp³-hybridized carbons (Fsp3) is 0.880. The van der Waals surface area contributed by atoms with E-state index < -0.39 is 30.5 Å². The van der Waals surface area contributed by atoms with E-state index in [4.69, 9.17) is 9.16 Å². The van der Waals surface area contributed by atoms with Gasteiger partial charge in [-0.15, -0.1) is 0 Å². The van der Waals surface area contributed by atoms with Gasteiger partial charge in [-0.2, -0.15) is 0 Å². The van der Waals surface area contributed by atoms with Crippen LogP contribution in [0.5, 0.6) is 0 Å². The first kappa shape index (κ1) is 23.2. The standard InChI is InChI=1S/C25H40O5Si/c1-15-16-9-12-25(19(15)26)17(13-16)20(27)29-14-24(25)11-10-18(23(5,6)21(24)28)30-31(7,8)22(2,3)4/h15-18H,9-14H2,1-8H3/t15-,16-,17-,18-,24+,25-/m0/s1. The Balaban J connectivity index is 1.74. The molecule has 5 nitrogen and oxygen atoms in total. The van der Waals surface area contributed by atoms with Gasteiger partial charge in [-0.1, -0.05) is 41.5 Å². The molecule has 5 fully saturated rings. The molecule has 4 aliphatic carbocycles. The molecule has 2 spiro atoms. The summed E-state index contributed by atoms with van der Waals surface area (Å²) in [5.74, 6) is -0.339. The number of hydrogen-bond donors (Lipinski definition) is 0. The fourth-order valence-electron chi connectivity index (χ4n) is 7.03. The lowest BCUT2D eigenvalue weighted by molar-refractivity contribution is -0.223. The highest BCUT2D eigenvalue weighted by atomic mass is 28.4. The van der Waals surface area contributed by atoms with Crippen LogP contribution in [-0.4, -0.2) is 38.6 Å². The minimum Gasteiger partial charge on any atom is -0.464 e. The van der Waals surface area contributed by atoms with Gasteiger partial charge in [0.15, 0.2) is 14.1 Å². The molecule has 0 aromatic carbocycles. The zero-order valence-electron chi connectivity index (χ0n) is 20.6. The predicted octanol–water partition coefficient (Wildman–Crippen LogP) is 4.93. The quantitative estimate of drug-likeness (QED) is 0.442. The molecule has 4 saturated carbocycles. The average Bonchev–Trinajstić information content (AvgIpc) is 2.67. The molecule has 0 unspecified atom stereocenters. The Bertz CT molecular complexity index is 824. The summed E-state index contributed by atoms with van der Waals surface area (Å²) in [5, 5.41) is 0.0541. The first-order valence-electron chi connectivity index (χ1n) is 12.1. The molecule has 6 heteroatoms.